The molecule has 228 valence electrons. The summed E-state index contributed by atoms with van der Waals surface area (Å²) in [6.07, 6.45) is 1.02. The zero-order chi connectivity index (χ0) is 30.9. The van der Waals surface area contributed by atoms with Crippen molar-refractivity contribution in [1.82, 2.24) is 0 Å². The lowest BCUT2D eigenvalue weighted by atomic mass is 10.1. The van der Waals surface area contributed by atoms with E-state index in [2.05, 4.69) is 14.5 Å². The van der Waals surface area contributed by atoms with E-state index in [1.165, 1.54) is 0 Å². The van der Waals surface area contributed by atoms with Crippen molar-refractivity contribution in [2.75, 3.05) is 35.2 Å². The lowest BCUT2D eigenvalue weighted by Crippen LogP contribution is -2.24. The molecular weight excluding hydrogens is 574 g/mol. The molecule has 1 saturated heterocycles. The number of nitrogens with zero attached hydrogens (tertiary/aromatic N) is 2. The molecule has 0 saturated carbocycles. The zero-order valence-corrected chi connectivity index (χ0v) is 25.8. The van der Waals surface area contributed by atoms with Crippen molar-refractivity contribution in [3.8, 4) is 17.2 Å². The Morgan fingerprint density at radius 2 is 1.68 bits per heavy atom. The van der Waals surface area contributed by atoms with Crippen molar-refractivity contribution in [2.24, 2.45) is 5.92 Å². The minimum Gasteiger partial charge on any atom is -0.493 e. The van der Waals surface area contributed by atoms with E-state index < -0.39 is 10.0 Å². The van der Waals surface area contributed by atoms with Crippen LogP contribution >= 0.6 is 0 Å². The molecule has 1 N–H and O–H groups in total. The standard InChI is InChI=1S/C35H37N3O5S/c1-4-44(39,40)37-34-12-7-13-35(26(34)2)38(23-28-8-5-9-30(20-28)36-3)22-27-14-16-31(17-15-27)43-33-11-6-10-32(21-33)42-25-29-18-19-41-24-29/h5-17,20-21,29,37H,4,18-19,22-25H2,1-2H3. The summed E-state index contributed by atoms with van der Waals surface area (Å²) in [5, 5.41) is 0. The summed E-state index contributed by atoms with van der Waals surface area (Å²) in [4.78, 5) is 5.77. The minimum absolute atomic E-state index is 0.00850. The van der Waals surface area contributed by atoms with E-state index in [0.717, 1.165) is 47.8 Å². The number of benzene rings is 4. The largest absolute Gasteiger partial charge is 0.493 e. The maximum atomic E-state index is 12.3. The second kappa shape index (κ2) is 14.3. The van der Waals surface area contributed by atoms with E-state index in [0.29, 0.717) is 48.5 Å². The molecule has 4 aromatic carbocycles. The third-order valence-electron chi connectivity index (χ3n) is 7.55. The summed E-state index contributed by atoms with van der Waals surface area (Å²) < 4.78 is 44.9. The molecule has 0 bridgehead atoms. The van der Waals surface area contributed by atoms with Gasteiger partial charge >= 0.3 is 0 Å². The zero-order valence-electron chi connectivity index (χ0n) is 25.0. The minimum atomic E-state index is -3.43. The van der Waals surface area contributed by atoms with Gasteiger partial charge in [0, 0.05) is 37.4 Å². The smallest absolute Gasteiger partial charge is 0.232 e. The molecule has 0 amide bonds. The number of sulfonamides is 1. The van der Waals surface area contributed by atoms with Gasteiger partial charge in [-0.3, -0.25) is 4.72 Å². The first-order valence-electron chi connectivity index (χ1n) is 14.7. The SMILES string of the molecule is [C-]#[N+]c1cccc(CN(Cc2ccc(Oc3cccc(OCC4CCOC4)c3)cc2)c2cccc(NS(=O)(=O)CC)c2C)c1. The molecule has 0 aliphatic carbocycles. The highest BCUT2D eigenvalue weighted by Gasteiger charge is 2.18. The number of hydrogen-bond donors (Lipinski definition) is 1. The normalized spacial score (nSPS) is 14.5. The second-order valence-electron chi connectivity index (χ2n) is 10.9. The molecule has 5 rings (SSSR count). The van der Waals surface area contributed by atoms with Crippen LogP contribution in [0, 0.1) is 19.4 Å². The van der Waals surface area contributed by atoms with Crippen molar-refractivity contribution >= 4 is 27.1 Å². The predicted molar refractivity (Wildman–Crippen MR) is 174 cm³/mol. The van der Waals surface area contributed by atoms with Crippen LogP contribution in [0.25, 0.3) is 4.85 Å². The Balaban J connectivity index is 1.33. The topological polar surface area (TPSA) is 81.5 Å². The fourth-order valence-electron chi connectivity index (χ4n) is 5.06. The molecule has 1 aliphatic heterocycles. The summed E-state index contributed by atoms with van der Waals surface area (Å²) in [6, 6.07) is 28.8. The average molecular weight is 612 g/mol. The summed E-state index contributed by atoms with van der Waals surface area (Å²) in [6.45, 7) is 14.2. The summed E-state index contributed by atoms with van der Waals surface area (Å²) in [5.74, 6) is 2.59. The first kappa shape index (κ1) is 30.9. The van der Waals surface area contributed by atoms with Crippen LogP contribution in [0.2, 0.25) is 0 Å². The Kier molecular flexibility index (Phi) is 10.1. The molecule has 1 atom stereocenters. The highest BCUT2D eigenvalue weighted by atomic mass is 32.2. The summed E-state index contributed by atoms with van der Waals surface area (Å²) in [7, 11) is -3.43. The van der Waals surface area contributed by atoms with Gasteiger partial charge in [-0.25, -0.2) is 13.3 Å². The van der Waals surface area contributed by atoms with Crippen LogP contribution in [0.15, 0.2) is 91.0 Å². The van der Waals surface area contributed by atoms with Gasteiger partial charge in [0.1, 0.15) is 17.2 Å². The Morgan fingerprint density at radius 3 is 2.43 bits per heavy atom. The van der Waals surface area contributed by atoms with E-state index in [-0.39, 0.29) is 5.75 Å². The molecular formula is C35H37N3O5S. The third kappa shape index (κ3) is 8.31. The van der Waals surface area contributed by atoms with Crippen LogP contribution in [0.5, 0.6) is 17.2 Å². The van der Waals surface area contributed by atoms with E-state index in [1.807, 2.05) is 85.8 Å². The monoisotopic (exact) mass is 611 g/mol. The lowest BCUT2D eigenvalue weighted by Gasteiger charge is -2.28. The van der Waals surface area contributed by atoms with E-state index in [1.54, 1.807) is 19.1 Å². The predicted octanol–water partition coefficient (Wildman–Crippen LogP) is 7.72. The summed E-state index contributed by atoms with van der Waals surface area (Å²) >= 11 is 0. The molecule has 1 unspecified atom stereocenters. The van der Waals surface area contributed by atoms with Crippen LogP contribution in [-0.2, 0) is 27.8 Å². The van der Waals surface area contributed by atoms with Gasteiger partial charge in [0.15, 0.2) is 5.69 Å². The third-order valence-corrected chi connectivity index (χ3v) is 8.84. The second-order valence-corrected chi connectivity index (χ2v) is 12.9. The first-order valence-corrected chi connectivity index (χ1v) is 16.4. The maximum Gasteiger partial charge on any atom is 0.232 e. The van der Waals surface area contributed by atoms with Gasteiger partial charge in [0.2, 0.25) is 10.0 Å². The Labute approximate surface area is 260 Å². The number of nitrogens with one attached hydrogen (secondary N) is 1. The van der Waals surface area contributed by atoms with Crippen molar-refractivity contribution in [1.29, 1.82) is 0 Å². The Hall–Kier alpha value is -4.52. The van der Waals surface area contributed by atoms with Gasteiger partial charge in [0.05, 0.1) is 31.2 Å². The van der Waals surface area contributed by atoms with Gasteiger partial charge in [0.25, 0.3) is 0 Å². The first-order chi connectivity index (χ1) is 21.3. The highest BCUT2D eigenvalue weighted by molar-refractivity contribution is 7.92. The van der Waals surface area contributed by atoms with Crippen LogP contribution in [-0.4, -0.2) is 34.0 Å². The average Bonchev–Trinajstić information content (AvgIpc) is 3.56. The Morgan fingerprint density at radius 1 is 0.932 bits per heavy atom. The maximum absolute atomic E-state index is 12.3. The quantitative estimate of drug-likeness (QED) is 0.156. The van der Waals surface area contributed by atoms with E-state index in [4.69, 9.17) is 20.8 Å². The fraction of sp³-hybridized carbons (Fsp3) is 0.286. The van der Waals surface area contributed by atoms with Gasteiger partial charge in [-0.2, -0.15) is 0 Å². The Bertz CT molecular complexity index is 1710. The molecule has 44 heavy (non-hydrogen) atoms. The van der Waals surface area contributed by atoms with Crippen LogP contribution in [0.1, 0.15) is 30.0 Å². The number of hydrogen-bond acceptors (Lipinski definition) is 6. The van der Waals surface area contributed by atoms with Gasteiger partial charge in [-0.1, -0.05) is 48.5 Å². The van der Waals surface area contributed by atoms with Crippen LogP contribution < -0.4 is 19.1 Å². The van der Waals surface area contributed by atoms with Crippen molar-refractivity contribution < 1.29 is 22.6 Å². The molecule has 1 aliphatic rings. The molecule has 8 nitrogen and oxygen atoms in total. The summed E-state index contributed by atoms with van der Waals surface area (Å²) in [5.41, 5.74) is 4.89. The fourth-order valence-corrected chi connectivity index (χ4v) is 5.76. The van der Waals surface area contributed by atoms with E-state index in [9.17, 15) is 8.42 Å². The number of anilines is 2. The molecule has 9 heteroatoms. The number of ether oxygens (including phenoxy) is 3. The molecule has 0 radical (unpaired) electrons. The van der Waals surface area contributed by atoms with Gasteiger partial charge in [-0.15, -0.1) is 0 Å². The van der Waals surface area contributed by atoms with Crippen LogP contribution in [0.3, 0.4) is 0 Å². The molecule has 1 heterocycles. The lowest BCUT2D eigenvalue weighted by molar-refractivity contribution is 0.167. The van der Waals surface area contributed by atoms with Crippen molar-refractivity contribution in [3.05, 3.63) is 119 Å². The highest BCUT2D eigenvalue weighted by Crippen LogP contribution is 2.32. The van der Waals surface area contributed by atoms with Gasteiger partial charge < -0.3 is 19.1 Å². The van der Waals surface area contributed by atoms with Crippen LogP contribution in [0.4, 0.5) is 17.1 Å². The molecule has 0 aromatic heterocycles. The molecule has 0 spiro atoms. The molecule has 4 aromatic rings. The number of rotatable bonds is 13. The van der Waals surface area contributed by atoms with E-state index >= 15 is 0 Å². The van der Waals surface area contributed by atoms with Gasteiger partial charge in [-0.05, 0) is 73.4 Å². The van der Waals surface area contributed by atoms with Crippen molar-refractivity contribution in [3.63, 3.8) is 0 Å². The van der Waals surface area contributed by atoms with Crippen molar-refractivity contribution in [2.45, 2.75) is 33.4 Å². The molecule has 1 fully saturated rings.